The molecule has 108 valence electrons. The number of allylic oxidation sites excluding steroid dienone is 2. The van der Waals surface area contributed by atoms with E-state index in [1.54, 1.807) is 0 Å². The van der Waals surface area contributed by atoms with Crippen LogP contribution >= 0.6 is 0 Å². The summed E-state index contributed by atoms with van der Waals surface area (Å²) in [6.45, 7) is 12.4. The Morgan fingerprint density at radius 2 is 1.80 bits per heavy atom. The van der Waals surface area contributed by atoms with Gasteiger partial charge in [0, 0.05) is 11.3 Å². The van der Waals surface area contributed by atoms with Gasteiger partial charge in [0.15, 0.2) is 0 Å². The number of rotatable bonds is 7. The summed E-state index contributed by atoms with van der Waals surface area (Å²) in [5.41, 5.74) is 5.68. The van der Waals surface area contributed by atoms with Crippen LogP contribution in [0.15, 0.2) is 47.5 Å². The van der Waals surface area contributed by atoms with E-state index < -0.39 is 0 Å². The summed E-state index contributed by atoms with van der Waals surface area (Å²) >= 11 is 0. The molecule has 20 heavy (non-hydrogen) atoms. The van der Waals surface area contributed by atoms with Crippen molar-refractivity contribution in [1.29, 1.82) is 0 Å². The van der Waals surface area contributed by atoms with Gasteiger partial charge in [0.2, 0.25) is 0 Å². The van der Waals surface area contributed by atoms with Crippen LogP contribution in [0.3, 0.4) is 0 Å². The Bertz CT molecular complexity index is 489. The molecule has 0 aromatic heterocycles. The highest BCUT2D eigenvalue weighted by atomic mass is 14.8. The minimum atomic E-state index is 1.02. The lowest BCUT2D eigenvalue weighted by molar-refractivity contribution is 0.741. The van der Waals surface area contributed by atoms with Gasteiger partial charge in [-0.25, -0.2) is 0 Å². The number of aryl methyl sites for hydroxylation is 1. The van der Waals surface area contributed by atoms with Crippen molar-refractivity contribution in [3.8, 4) is 0 Å². The summed E-state index contributed by atoms with van der Waals surface area (Å²) in [7, 11) is 0. The van der Waals surface area contributed by atoms with E-state index in [2.05, 4.69) is 57.7 Å². The quantitative estimate of drug-likeness (QED) is 0.329. The van der Waals surface area contributed by atoms with Gasteiger partial charge in [0.25, 0.3) is 0 Å². The summed E-state index contributed by atoms with van der Waals surface area (Å²) < 4.78 is 0. The molecule has 0 bridgehead atoms. The zero-order valence-electron chi connectivity index (χ0n) is 13.4. The van der Waals surface area contributed by atoms with Crippen molar-refractivity contribution >= 4 is 11.4 Å². The summed E-state index contributed by atoms with van der Waals surface area (Å²) in [6.07, 6.45) is 6.89. The second kappa shape index (κ2) is 8.52. The molecule has 1 aromatic rings. The maximum Gasteiger partial charge on any atom is 0.0703 e. The topological polar surface area (TPSA) is 12.4 Å². The minimum absolute atomic E-state index is 1.02. The largest absolute Gasteiger partial charge is 0.258 e. The Hall–Kier alpha value is -1.63. The molecule has 0 N–H and O–H groups in total. The first-order valence-corrected chi connectivity index (χ1v) is 7.51. The summed E-state index contributed by atoms with van der Waals surface area (Å²) in [4.78, 5) is 4.81. The van der Waals surface area contributed by atoms with Gasteiger partial charge in [-0.15, -0.1) is 0 Å². The van der Waals surface area contributed by atoms with Gasteiger partial charge in [-0.1, -0.05) is 61.7 Å². The van der Waals surface area contributed by atoms with Crippen molar-refractivity contribution in [3.05, 3.63) is 53.6 Å². The van der Waals surface area contributed by atoms with Gasteiger partial charge < -0.3 is 0 Å². The zero-order chi connectivity index (χ0) is 15.0. The molecule has 1 aromatic carbocycles. The van der Waals surface area contributed by atoms with Crippen molar-refractivity contribution in [3.63, 3.8) is 0 Å². The molecule has 0 aliphatic carbocycles. The third-order valence-electron chi connectivity index (χ3n) is 3.18. The number of unbranched alkanes of at least 4 members (excludes halogenated alkanes) is 2. The van der Waals surface area contributed by atoms with Crippen molar-refractivity contribution in [2.75, 3.05) is 0 Å². The Balaban J connectivity index is 2.93. The molecule has 0 saturated heterocycles. The molecule has 0 radical (unpaired) electrons. The number of aliphatic imine (C=N–C) groups is 1. The fraction of sp³-hybridized carbons (Fsp3) is 0.421. The molecule has 0 fully saturated rings. The third kappa shape index (κ3) is 6.01. The lowest BCUT2D eigenvalue weighted by atomic mass is 10.1. The fourth-order valence-corrected chi connectivity index (χ4v) is 2.03. The van der Waals surface area contributed by atoms with Crippen LogP contribution in [0.5, 0.6) is 0 Å². The predicted octanol–water partition coefficient (Wildman–Crippen LogP) is 5.95. The van der Waals surface area contributed by atoms with Crippen LogP contribution in [0.4, 0.5) is 0 Å². The maximum atomic E-state index is 4.81. The Morgan fingerprint density at radius 1 is 1.15 bits per heavy atom. The molecule has 0 aliphatic heterocycles. The number of hydrogen-bond donors (Lipinski definition) is 0. The zero-order valence-corrected chi connectivity index (χ0v) is 13.4. The van der Waals surface area contributed by atoms with Gasteiger partial charge in [0.1, 0.15) is 0 Å². The molecule has 0 aliphatic rings. The normalized spacial score (nSPS) is 12.6. The van der Waals surface area contributed by atoms with E-state index in [1.165, 1.54) is 30.5 Å². The lowest BCUT2D eigenvalue weighted by Gasteiger charge is -2.06. The Kier molecular flexibility index (Phi) is 7.00. The van der Waals surface area contributed by atoms with Gasteiger partial charge in [-0.05, 0) is 39.7 Å². The molecule has 0 heterocycles. The van der Waals surface area contributed by atoms with Gasteiger partial charge in [0.05, 0.1) is 5.70 Å². The average molecular weight is 269 g/mol. The second-order valence-electron chi connectivity index (χ2n) is 5.55. The molecule has 1 nitrogen and oxygen atoms in total. The van der Waals surface area contributed by atoms with Gasteiger partial charge in [-0.3, -0.25) is 4.99 Å². The number of nitrogens with zero attached hydrogens (tertiary/aromatic N) is 1. The third-order valence-corrected chi connectivity index (χ3v) is 3.18. The van der Waals surface area contributed by atoms with E-state index in [-0.39, 0.29) is 0 Å². The maximum absolute atomic E-state index is 4.81. The second-order valence-corrected chi connectivity index (χ2v) is 5.55. The first-order valence-electron chi connectivity index (χ1n) is 7.51. The standard InChI is InChI=1S/C19H27N/c1-6-7-8-9-17(5)20-19(14-15(2)3)18-12-10-16(4)11-13-18/h10-14H,2,6-9H2,1,3-5H3/b19-14-,20-17?. The van der Waals surface area contributed by atoms with Crippen LogP contribution in [0.2, 0.25) is 0 Å². The highest BCUT2D eigenvalue weighted by Gasteiger charge is 2.01. The van der Waals surface area contributed by atoms with Crippen molar-refractivity contribution < 1.29 is 0 Å². The minimum Gasteiger partial charge on any atom is -0.258 e. The molecule has 1 heteroatoms. The molecule has 1 rings (SSSR count). The Labute approximate surface area is 124 Å². The molecular weight excluding hydrogens is 242 g/mol. The van der Waals surface area contributed by atoms with Crippen LogP contribution in [0.25, 0.3) is 5.70 Å². The number of benzene rings is 1. The summed E-state index contributed by atoms with van der Waals surface area (Å²) in [6, 6.07) is 8.52. The highest BCUT2D eigenvalue weighted by Crippen LogP contribution is 2.19. The van der Waals surface area contributed by atoms with Crippen LogP contribution in [0, 0.1) is 6.92 Å². The fourth-order valence-electron chi connectivity index (χ4n) is 2.03. The van der Waals surface area contributed by atoms with Crippen molar-refractivity contribution in [2.24, 2.45) is 4.99 Å². The van der Waals surface area contributed by atoms with E-state index in [9.17, 15) is 0 Å². The van der Waals surface area contributed by atoms with Crippen LogP contribution < -0.4 is 0 Å². The highest BCUT2D eigenvalue weighted by molar-refractivity contribution is 5.88. The average Bonchev–Trinajstić information content (AvgIpc) is 2.38. The Morgan fingerprint density at radius 3 is 2.35 bits per heavy atom. The summed E-state index contributed by atoms with van der Waals surface area (Å²) in [5, 5.41) is 0. The molecule has 0 atom stereocenters. The van der Waals surface area contributed by atoms with Gasteiger partial charge in [-0.2, -0.15) is 0 Å². The van der Waals surface area contributed by atoms with E-state index in [4.69, 9.17) is 4.99 Å². The van der Waals surface area contributed by atoms with Crippen LogP contribution in [-0.2, 0) is 0 Å². The molecule has 0 amide bonds. The first kappa shape index (κ1) is 16.4. The molecule has 0 unspecified atom stereocenters. The lowest BCUT2D eigenvalue weighted by Crippen LogP contribution is -1.93. The van der Waals surface area contributed by atoms with Gasteiger partial charge >= 0.3 is 0 Å². The van der Waals surface area contributed by atoms with E-state index in [0.29, 0.717) is 0 Å². The number of hydrogen-bond acceptors (Lipinski definition) is 1. The van der Waals surface area contributed by atoms with Crippen LogP contribution in [-0.4, -0.2) is 5.71 Å². The van der Waals surface area contributed by atoms with Crippen molar-refractivity contribution in [1.82, 2.24) is 0 Å². The SMILES string of the molecule is C=C(C)/C=C(\N=C(C)CCCCC)c1ccc(C)cc1. The predicted molar refractivity (Wildman–Crippen MR) is 91.2 cm³/mol. The molecule has 0 saturated carbocycles. The smallest absolute Gasteiger partial charge is 0.0703 e. The summed E-state index contributed by atoms with van der Waals surface area (Å²) in [5.74, 6) is 0. The first-order chi connectivity index (χ1) is 9.52. The van der Waals surface area contributed by atoms with E-state index in [1.807, 2.05) is 6.92 Å². The monoisotopic (exact) mass is 269 g/mol. The van der Waals surface area contributed by atoms with Crippen molar-refractivity contribution in [2.45, 2.75) is 53.4 Å². The van der Waals surface area contributed by atoms with E-state index in [0.717, 1.165) is 23.3 Å². The molecular formula is C19H27N. The van der Waals surface area contributed by atoms with E-state index >= 15 is 0 Å². The van der Waals surface area contributed by atoms with Crippen LogP contribution in [0.1, 0.15) is 57.6 Å². The molecule has 0 spiro atoms.